The molecule has 29 heavy (non-hydrogen) atoms. The number of carbonyl (C=O) groups is 2. The van der Waals surface area contributed by atoms with Crippen LogP contribution in [-0.4, -0.2) is 36.3 Å². The number of benzene rings is 1. The van der Waals surface area contributed by atoms with E-state index in [0.717, 1.165) is 10.2 Å². The number of Topliss-reactive ketones (excluding diaryl/α,β-unsaturated/α-hetero) is 1. The van der Waals surface area contributed by atoms with Gasteiger partial charge in [-0.2, -0.15) is 10.2 Å². The summed E-state index contributed by atoms with van der Waals surface area (Å²) in [4.78, 5) is 35.7. The van der Waals surface area contributed by atoms with Gasteiger partial charge in [-0.1, -0.05) is 36.4 Å². The van der Waals surface area contributed by atoms with Gasteiger partial charge in [-0.15, -0.1) is 0 Å². The summed E-state index contributed by atoms with van der Waals surface area (Å²) >= 11 is 0. The zero-order chi connectivity index (χ0) is 20.5. The van der Waals surface area contributed by atoms with E-state index in [1.54, 1.807) is 10.7 Å². The number of hydrogen-bond donors (Lipinski definition) is 1. The summed E-state index contributed by atoms with van der Waals surface area (Å²) < 4.78 is 2.56. The number of aromatic carboxylic acids is 1. The number of carboxylic acid groups (broad SMARTS) is 1. The second kappa shape index (κ2) is 7.16. The topological polar surface area (TPSA) is 107 Å². The molecule has 0 unspecified atom stereocenters. The van der Waals surface area contributed by atoms with E-state index in [9.17, 15) is 19.5 Å². The maximum atomic E-state index is 12.4. The Bertz CT molecular complexity index is 1310. The van der Waals surface area contributed by atoms with Crippen molar-refractivity contribution in [2.45, 2.75) is 13.5 Å². The predicted molar refractivity (Wildman–Crippen MR) is 106 cm³/mol. The number of rotatable bonds is 5. The molecule has 0 saturated heterocycles. The molecular weight excluding hydrogens is 372 g/mol. The third-order valence-corrected chi connectivity index (χ3v) is 4.42. The molecule has 0 spiro atoms. The van der Waals surface area contributed by atoms with Crippen molar-refractivity contribution in [3.05, 3.63) is 76.7 Å². The summed E-state index contributed by atoms with van der Waals surface area (Å²) in [5.74, 6) is -1.69. The maximum absolute atomic E-state index is 12.4. The van der Waals surface area contributed by atoms with Gasteiger partial charge in [0.25, 0.3) is 5.56 Å². The molecule has 0 bridgehead atoms. The van der Waals surface area contributed by atoms with E-state index in [4.69, 9.17) is 0 Å². The highest BCUT2D eigenvalue weighted by Gasteiger charge is 2.22. The van der Waals surface area contributed by atoms with Crippen molar-refractivity contribution in [1.29, 1.82) is 0 Å². The van der Waals surface area contributed by atoms with Gasteiger partial charge in [0.05, 0.1) is 16.8 Å². The van der Waals surface area contributed by atoms with Crippen LogP contribution in [-0.2, 0) is 11.3 Å². The molecule has 3 heterocycles. The summed E-state index contributed by atoms with van der Waals surface area (Å²) in [7, 11) is 0. The van der Waals surface area contributed by atoms with Gasteiger partial charge in [0.15, 0.2) is 5.78 Å². The highest BCUT2D eigenvalue weighted by molar-refractivity contribution is 5.94. The minimum Gasteiger partial charge on any atom is -0.477 e. The normalized spacial score (nSPS) is 10.9. The van der Waals surface area contributed by atoms with Crippen LogP contribution < -0.4 is 5.56 Å². The van der Waals surface area contributed by atoms with Crippen molar-refractivity contribution in [2.75, 3.05) is 0 Å². The van der Waals surface area contributed by atoms with Crippen molar-refractivity contribution in [1.82, 2.24) is 19.4 Å². The van der Waals surface area contributed by atoms with Gasteiger partial charge >= 0.3 is 5.97 Å². The molecule has 8 nitrogen and oxygen atoms in total. The van der Waals surface area contributed by atoms with Crippen LogP contribution in [0.1, 0.15) is 17.3 Å². The third-order valence-electron chi connectivity index (χ3n) is 4.42. The van der Waals surface area contributed by atoms with Crippen molar-refractivity contribution in [2.24, 2.45) is 0 Å². The number of hydrogen-bond acceptors (Lipinski definition) is 5. The molecule has 4 aromatic rings. The molecule has 0 atom stereocenters. The minimum atomic E-state index is -1.38. The van der Waals surface area contributed by atoms with Crippen LogP contribution in [0.25, 0.3) is 28.0 Å². The number of ketones is 1. The zero-order valence-electron chi connectivity index (χ0n) is 15.4. The Hall–Kier alpha value is -4.07. The van der Waals surface area contributed by atoms with Crippen molar-refractivity contribution < 1.29 is 14.7 Å². The number of carbonyl (C=O) groups excluding carboxylic acids is 1. The van der Waals surface area contributed by atoms with E-state index in [1.165, 1.54) is 13.0 Å². The monoisotopic (exact) mass is 388 g/mol. The lowest BCUT2D eigenvalue weighted by Gasteiger charge is -2.09. The summed E-state index contributed by atoms with van der Waals surface area (Å²) in [6.45, 7) is 0.999. The Morgan fingerprint density at radius 3 is 2.45 bits per heavy atom. The van der Waals surface area contributed by atoms with Gasteiger partial charge in [-0.3, -0.25) is 9.59 Å². The van der Waals surface area contributed by atoms with E-state index < -0.39 is 17.1 Å². The fraction of sp³-hybridized carbons (Fsp3) is 0.0952. The first kappa shape index (κ1) is 18.3. The molecule has 0 fully saturated rings. The Balaban J connectivity index is 2.07. The van der Waals surface area contributed by atoms with Crippen LogP contribution in [0.15, 0.2) is 65.6 Å². The zero-order valence-corrected chi connectivity index (χ0v) is 15.4. The third kappa shape index (κ3) is 3.31. The molecular formula is C21H16N4O4. The lowest BCUT2D eigenvalue weighted by molar-refractivity contribution is -0.117. The minimum absolute atomic E-state index is 0.253. The summed E-state index contributed by atoms with van der Waals surface area (Å²) in [5, 5.41) is 18.4. The van der Waals surface area contributed by atoms with Gasteiger partial charge in [-0.05, 0) is 25.1 Å². The van der Waals surface area contributed by atoms with Gasteiger partial charge in [0, 0.05) is 11.8 Å². The quantitative estimate of drug-likeness (QED) is 0.563. The van der Waals surface area contributed by atoms with E-state index in [0.29, 0.717) is 16.8 Å². The lowest BCUT2D eigenvalue weighted by Crippen LogP contribution is -2.31. The second-order valence-corrected chi connectivity index (χ2v) is 6.53. The first-order chi connectivity index (χ1) is 14.0. The number of fused-ring (bicyclic) bond motifs is 1. The molecule has 0 aliphatic heterocycles. The summed E-state index contributed by atoms with van der Waals surface area (Å²) in [6, 6.07) is 16.1. The maximum Gasteiger partial charge on any atom is 0.341 e. The summed E-state index contributed by atoms with van der Waals surface area (Å²) in [6.07, 6.45) is 1.77. The number of pyridine rings is 1. The van der Waals surface area contributed by atoms with Crippen LogP contribution in [0.4, 0.5) is 0 Å². The average molecular weight is 388 g/mol. The largest absolute Gasteiger partial charge is 0.477 e. The Morgan fingerprint density at radius 2 is 1.76 bits per heavy atom. The van der Waals surface area contributed by atoms with Crippen LogP contribution in [0.2, 0.25) is 0 Å². The Kier molecular flexibility index (Phi) is 4.52. The van der Waals surface area contributed by atoms with Gasteiger partial charge < -0.3 is 5.11 Å². The number of aromatic nitrogens is 4. The fourth-order valence-corrected chi connectivity index (χ4v) is 3.18. The van der Waals surface area contributed by atoms with E-state index >= 15 is 0 Å². The van der Waals surface area contributed by atoms with E-state index in [1.807, 2.05) is 48.5 Å². The second-order valence-electron chi connectivity index (χ2n) is 6.53. The van der Waals surface area contributed by atoms with E-state index in [-0.39, 0.29) is 18.0 Å². The first-order valence-corrected chi connectivity index (χ1v) is 8.84. The molecule has 144 valence electrons. The molecule has 3 aromatic heterocycles. The molecule has 0 amide bonds. The van der Waals surface area contributed by atoms with E-state index in [2.05, 4.69) is 10.2 Å². The number of nitrogens with zero attached hydrogens (tertiary/aromatic N) is 4. The standard InChI is InChI=1S/C21H16N4O4/c1-13(26)12-25-20(27)15(21(28)29)11-16(22-25)18-17-9-5-6-10-24(17)23-19(18)14-7-3-2-4-8-14/h2-11H,12H2,1H3,(H,28,29). The predicted octanol–water partition coefficient (Wildman–Crippen LogP) is 2.51. The van der Waals surface area contributed by atoms with Crippen molar-refractivity contribution in [3.8, 4) is 22.5 Å². The molecule has 0 saturated carbocycles. The summed E-state index contributed by atoms with van der Waals surface area (Å²) in [5.41, 5.74) is 1.66. The van der Waals surface area contributed by atoms with Crippen LogP contribution in [0.3, 0.4) is 0 Å². The molecule has 0 radical (unpaired) electrons. The molecule has 1 aromatic carbocycles. The van der Waals surface area contributed by atoms with Gasteiger partial charge in [-0.25, -0.2) is 14.0 Å². The van der Waals surface area contributed by atoms with Gasteiger partial charge in [0.2, 0.25) is 0 Å². The molecule has 1 N–H and O–H groups in total. The van der Waals surface area contributed by atoms with Crippen molar-refractivity contribution >= 4 is 17.3 Å². The smallest absolute Gasteiger partial charge is 0.341 e. The lowest BCUT2D eigenvalue weighted by atomic mass is 10.0. The highest BCUT2D eigenvalue weighted by Crippen LogP contribution is 2.33. The first-order valence-electron chi connectivity index (χ1n) is 8.84. The number of carboxylic acids is 1. The Morgan fingerprint density at radius 1 is 1.03 bits per heavy atom. The Labute approximate surface area is 164 Å². The van der Waals surface area contributed by atoms with Crippen LogP contribution >= 0.6 is 0 Å². The van der Waals surface area contributed by atoms with Crippen LogP contribution in [0, 0.1) is 0 Å². The molecule has 4 rings (SSSR count). The van der Waals surface area contributed by atoms with Crippen molar-refractivity contribution in [3.63, 3.8) is 0 Å². The molecule has 8 heteroatoms. The fourth-order valence-electron chi connectivity index (χ4n) is 3.18. The average Bonchev–Trinajstić information content (AvgIpc) is 3.09. The van der Waals surface area contributed by atoms with Gasteiger partial charge in [0.1, 0.15) is 17.8 Å². The SMILES string of the molecule is CC(=O)Cn1nc(-c2c(-c3ccccc3)nn3ccccc23)cc(C(=O)O)c1=O. The van der Waals surface area contributed by atoms with Crippen LogP contribution in [0.5, 0.6) is 0 Å². The highest BCUT2D eigenvalue weighted by atomic mass is 16.4. The molecule has 0 aliphatic rings. The molecule has 0 aliphatic carbocycles.